The molecule has 1 aromatic rings. The lowest BCUT2D eigenvalue weighted by Gasteiger charge is -2.20. The summed E-state index contributed by atoms with van der Waals surface area (Å²) < 4.78 is 5.63. The fourth-order valence-corrected chi connectivity index (χ4v) is 2.26. The molecule has 0 aromatic heterocycles. The highest BCUT2D eigenvalue weighted by atomic mass is 16.5. The minimum absolute atomic E-state index is 0.321. The van der Waals surface area contributed by atoms with Gasteiger partial charge in [-0.2, -0.15) is 0 Å². The molecule has 94 valence electrons. The van der Waals surface area contributed by atoms with E-state index < -0.39 is 0 Å². The maximum Gasteiger partial charge on any atom is 0.120 e. The first-order chi connectivity index (χ1) is 8.16. The average molecular weight is 235 g/mol. The van der Waals surface area contributed by atoms with E-state index in [1.165, 1.54) is 5.56 Å². The SMILES string of the molecule is Cc1ccc(O)c(CN[C@H](C)[C@@H]2CCCO2)c1. The third kappa shape index (κ3) is 3.20. The van der Waals surface area contributed by atoms with Crippen LogP contribution in [0, 0.1) is 6.92 Å². The van der Waals surface area contributed by atoms with Gasteiger partial charge in [0.15, 0.2) is 0 Å². The molecular weight excluding hydrogens is 214 g/mol. The van der Waals surface area contributed by atoms with Crippen molar-refractivity contribution in [3.8, 4) is 5.75 Å². The highest BCUT2D eigenvalue weighted by Crippen LogP contribution is 2.19. The molecule has 0 aliphatic carbocycles. The number of rotatable bonds is 4. The third-order valence-electron chi connectivity index (χ3n) is 3.37. The maximum atomic E-state index is 9.74. The zero-order valence-electron chi connectivity index (χ0n) is 10.6. The van der Waals surface area contributed by atoms with Crippen LogP contribution >= 0.6 is 0 Å². The molecule has 1 aliphatic heterocycles. The average Bonchev–Trinajstić information content (AvgIpc) is 2.83. The van der Waals surface area contributed by atoms with Crippen molar-refractivity contribution in [3.05, 3.63) is 29.3 Å². The van der Waals surface area contributed by atoms with Crippen LogP contribution < -0.4 is 5.32 Å². The second kappa shape index (κ2) is 5.52. The third-order valence-corrected chi connectivity index (χ3v) is 3.37. The van der Waals surface area contributed by atoms with Crippen molar-refractivity contribution in [1.82, 2.24) is 5.32 Å². The summed E-state index contributed by atoms with van der Waals surface area (Å²) in [6.45, 7) is 5.75. The van der Waals surface area contributed by atoms with E-state index in [4.69, 9.17) is 4.74 Å². The molecule has 1 fully saturated rings. The van der Waals surface area contributed by atoms with E-state index in [1.807, 2.05) is 19.1 Å². The highest BCUT2D eigenvalue weighted by Gasteiger charge is 2.21. The number of hydrogen-bond donors (Lipinski definition) is 2. The lowest BCUT2D eigenvalue weighted by molar-refractivity contribution is 0.0831. The molecule has 17 heavy (non-hydrogen) atoms. The molecule has 0 saturated carbocycles. The summed E-state index contributed by atoms with van der Waals surface area (Å²) in [6, 6.07) is 6.02. The molecule has 2 N–H and O–H groups in total. The van der Waals surface area contributed by atoms with Crippen molar-refractivity contribution in [3.63, 3.8) is 0 Å². The lowest BCUT2D eigenvalue weighted by atomic mass is 10.1. The summed E-state index contributed by atoms with van der Waals surface area (Å²) in [5.41, 5.74) is 2.12. The Labute approximate surface area is 103 Å². The van der Waals surface area contributed by atoms with Gasteiger partial charge in [-0.15, -0.1) is 0 Å². The van der Waals surface area contributed by atoms with E-state index in [9.17, 15) is 5.11 Å². The van der Waals surface area contributed by atoms with Gasteiger partial charge in [-0.1, -0.05) is 17.7 Å². The van der Waals surface area contributed by atoms with Crippen LogP contribution in [-0.2, 0) is 11.3 Å². The van der Waals surface area contributed by atoms with Crippen molar-refractivity contribution in [2.24, 2.45) is 0 Å². The van der Waals surface area contributed by atoms with Crippen molar-refractivity contribution in [2.75, 3.05) is 6.61 Å². The van der Waals surface area contributed by atoms with Gasteiger partial charge in [-0.05, 0) is 32.8 Å². The van der Waals surface area contributed by atoms with Crippen LogP contribution in [0.15, 0.2) is 18.2 Å². The topological polar surface area (TPSA) is 41.5 Å². The summed E-state index contributed by atoms with van der Waals surface area (Å²) in [4.78, 5) is 0. The van der Waals surface area contributed by atoms with Gasteiger partial charge in [0.1, 0.15) is 5.75 Å². The summed E-state index contributed by atoms with van der Waals surface area (Å²) >= 11 is 0. The number of aryl methyl sites for hydroxylation is 1. The van der Waals surface area contributed by atoms with Crippen molar-refractivity contribution < 1.29 is 9.84 Å². The number of nitrogens with one attached hydrogen (secondary N) is 1. The molecule has 2 atom stereocenters. The zero-order chi connectivity index (χ0) is 12.3. The molecular formula is C14H21NO2. The Morgan fingerprint density at radius 2 is 2.35 bits per heavy atom. The molecule has 3 heteroatoms. The summed E-state index contributed by atoms with van der Waals surface area (Å²) in [5, 5.41) is 13.2. The number of phenolic OH excluding ortho intramolecular Hbond substituents is 1. The monoisotopic (exact) mass is 235 g/mol. The number of phenols is 1. The first-order valence-electron chi connectivity index (χ1n) is 6.30. The van der Waals surface area contributed by atoms with Gasteiger partial charge < -0.3 is 15.2 Å². The number of benzene rings is 1. The van der Waals surface area contributed by atoms with Crippen LogP contribution in [0.2, 0.25) is 0 Å². The molecule has 1 heterocycles. The van der Waals surface area contributed by atoms with E-state index in [0.717, 1.165) is 25.0 Å². The first kappa shape index (κ1) is 12.4. The Bertz CT molecular complexity index is 372. The molecule has 1 aliphatic rings. The molecule has 3 nitrogen and oxygen atoms in total. The van der Waals surface area contributed by atoms with Crippen LogP contribution in [0.4, 0.5) is 0 Å². The van der Waals surface area contributed by atoms with Gasteiger partial charge in [-0.3, -0.25) is 0 Å². The Hall–Kier alpha value is -1.06. The van der Waals surface area contributed by atoms with Gasteiger partial charge in [-0.25, -0.2) is 0 Å². The Morgan fingerprint density at radius 3 is 3.06 bits per heavy atom. The normalized spacial score (nSPS) is 21.6. The predicted molar refractivity (Wildman–Crippen MR) is 68.1 cm³/mol. The van der Waals surface area contributed by atoms with E-state index >= 15 is 0 Å². The summed E-state index contributed by atoms with van der Waals surface area (Å²) in [6.07, 6.45) is 2.61. The molecule has 0 unspecified atom stereocenters. The van der Waals surface area contributed by atoms with Crippen molar-refractivity contribution in [1.29, 1.82) is 0 Å². The van der Waals surface area contributed by atoms with Crippen LogP contribution in [0.25, 0.3) is 0 Å². The molecule has 1 saturated heterocycles. The van der Waals surface area contributed by atoms with Crippen LogP contribution in [0.1, 0.15) is 30.9 Å². The van der Waals surface area contributed by atoms with E-state index in [1.54, 1.807) is 6.07 Å². The number of aromatic hydroxyl groups is 1. The number of ether oxygens (including phenoxy) is 1. The van der Waals surface area contributed by atoms with Crippen LogP contribution in [0.5, 0.6) is 5.75 Å². The minimum Gasteiger partial charge on any atom is -0.508 e. The maximum absolute atomic E-state index is 9.74. The Morgan fingerprint density at radius 1 is 1.53 bits per heavy atom. The van der Waals surface area contributed by atoms with E-state index in [2.05, 4.69) is 12.2 Å². The zero-order valence-corrected chi connectivity index (χ0v) is 10.6. The van der Waals surface area contributed by atoms with Crippen molar-refractivity contribution >= 4 is 0 Å². The Balaban J connectivity index is 1.90. The van der Waals surface area contributed by atoms with Gasteiger partial charge in [0.05, 0.1) is 6.10 Å². The standard InChI is InChI=1S/C14H21NO2/c1-10-5-6-13(16)12(8-10)9-15-11(2)14-4-3-7-17-14/h5-6,8,11,14-16H,3-4,7,9H2,1-2H3/t11-,14+/m1/s1. The number of hydrogen-bond acceptors (Lipinski definition) is 3. The second-order valence-electron chi connectivity index (χ2n) is 4.85. The van der Waals surface area contributed by atoms with Crippen LogP contribution in [-0.4, -0.2) is 23.9 Å². The molecule has 0 spiro atoms. The molecule has 0 amide bonds. The molecule has 0 bridgehead atoms. The molecule has 0 radical (unpaired) electrons. The lowest BCUT2D eigenvalue weighted by Crippen LogP contribution is -2.36. The molecule has 2 rings (SSSR count). The summed E-state index contributed by atoms with van der Waals surface area (Å²) in [5.74, 6) is 0.364. The Kier molecular flexibility index (Phi) is 4.02. The van der Waals surface area contributed by atoms with Crippen LogP contribution in [0.3, 0.4) is 0 Å². The first-order valence-corrected chi connectivity index (χ1v) is 6.30. The van der Waals surface area contributed by atoms with E-state index in [0.29, 0.717) is 24.4 Å². The fourth-order valence-electron chi connectivity index (χ4n) is 2.26. The molecule has 1 aromatic carbocycles. The fraction of sp³-hybridized carbons (Fsp3) is 0.571. The van der Waals surface area contributed by atoms with Gasteiger partial charge in [0.25, 0.3) is 0 Å². The predicted octanol–water partition coefficient (Wildman–Crippen LogP) is 2.36. The minimum atomic E-state index is 0.321. The van der Waals surface area contributed by atoms with Gasteiger partial charge in [0.2, 0.25) is 0 Å². The largest absolute Gasteiger partial charge is 0.508 e. The summed E-state index contributed by atoms with van der Waals surface area (Å²) in [7, 11) is 0. The smallest absolute Gasteiger partial charge is 0.120 e. The second-order valence-corrected chi connectivity index (χ2v) is 4.85. The van der Waals surface area contributed by atoms with Gasteiger partial charge in [0, 0.05) is 24.8 Å². The highest BCUT2D eigenvalue weighted by molar-refractivity contribution is 5.35. The quantitative estimate of drug-likeness (QED) is 0.841. The van der Waals surface area contributed by atoms with Gasteiger partial charge >= 0.3 is 0 Å². The van der Waals surface area contributed by atoms with Crippen molar-refractivity contribution in [2.45, 2.75) is 45.4 Å². The van der Waals surface area contributed by atoms with E-state index in [-0.39, 0.29) is 0 Å².